The number of rotatable bonds is 4. The molecular formula is C15H13Cl2F2N. The van der Waals surface area contributed by atoms with Crippen molar-refractivity contribution in [1.82, 2.24) is 5.32 Å². The summed E-state index contributed by atoms with van der Waals surface area (Å²) in [5.41, 5.74) is 1.57. The van der Waals surface area contributed by atoms with E-state index in [0.717, 1.165) is 11.1 Å². The first-order valence-corrected chi connectivity index (χ1v) is 6.83. The number of benzene rings is 2. The minimum atomic E-state index is -0.381. The van der Waals surface area contributed by atoms with E-state index in [2.05, 4.69) is 5.32 Å². The van der Waals surface area contributed by atoms with Gasteiger partial charge in [0.15, 0.2) is 0 Å². The molecule has 0 saturated heterocycles. The van der Waals surface area contributed by atoms with Crippen LogP contribution in [0, 0.1) is 11.6 Å². The van der Waals surface area contributed by atoms with E-state index < -0.39 is 0 Å². The van der Waals surface area contributed by atoms with Crippen molar-refractivity contribution in [2.24, 2.45) is 0 Å². The number of likely N-dealkylation sites (N-methyl/N-ethyl adjacent to an activating group) is 1. The molecule has 0 aliphatic carbocycles. The fourth-order valence-electron chi connectivity index (χ4n) is 2.06. The van der Waals surface area contributed by atoms with Gasteiger partial charge in [0.1, 0.15) is 11.6 Å². The van der Waals surface area contributed by atoms with Crippen LogP contribution >= 0.6 is 23.2 Å². The summed E-state index contributed by atoms with van der Waals surface area (Å²) in [4.78, 5) is 0. The Kier molecular flexibility index (Phi) is 4.97. The average molecular weight is 316 g/mol. The molecule has 0 fully saturated rings. The van der Waals surface area contributed by atoms with Gasteiger partial charge < -0.3 is 5.32 Å². The normalized spacial score (nSPS) is 12.4. The van der Waals surface area contributed by atoms with Crippen LogP contribution in [0.25, 0.3) is 0 Å². The summed E-state index contributed by atoms with van der Waals surface area (Å²) in [6.07, 6.45) is 0.529. The second-order valence-corrected chi connectivity index (χ2v) is 5.26. The first-order valence-electron chi connectivity index (χ1n) is 6.07. The Labute approximate surface area is 126 Å². The van der Waals surface area contributed by atoms with Gasteiger partial charge in [0.25, 0.3) is 0 Å². The third-order valence-corrected chi connectivity index (χ3v) is 3.80. The summed E-state index contributed by atoms with van der Waals surface area (Å²) in [6.45, 7) is 0. The van der Waals surface area contributed by atoms with Crippen LogP contribution in [0.1, 0.15) is 17.2 Å². The van der Waals surface area contributed by atoms with Gasteiger partial charge in [-0.05, 0) is 48.9 Å². The molecular weight excluding hydrogens is 303 g/mol. The quantitative estimate of drug-likeness (QED) is 0.856. The highest BCUT2D eigenvalue weighted by Gasteiger charge is 2.16. The summed E-state index contributed by atoms with van der Waals surface area (Å²) in [5, 5.41) is 3.82. The number of hydrogen-bond acceptors (Lipinski definition) is 1. The molecule has 5 heteroatoms. The Morgan fingerprint density at radius 3 is 2.15 bits per heavy atom. The fourth-order valence-corrected chi connectivity index (χ4v) is 2.60. The predicted octanol–water partition coefficient (Wildman–Crippen LogP) is 4.77. The van der Waals surface area contributed by atoms with Crippen LogP contribution in [0.4, 0.5) is 8.78 Å². The number of hydrogen-bond donors (Lipinski definition) is 1. The maximum Gasteiger partial charge on any atom is 0.124 e. The lowest BCUT2D eigenvalue weighted by molar-refractivity contribution is 0.584. The fraction of sp³-hybridized carbons (Fsp3) is 0.200. The maximum absolute atomic E-state index is 13.1. The highest BCUT2D eigenvalue weighted by atomic mass is 35.5. The molecule has 2 aromatic carbocycles. The van der Waals surface area contributed by atoms with Crippen molar-refractivity contribution in [2.45, 2.75) is 12.5 Å². The van der Waals surface area contributed by atoms with Crippen LogP contribution < -0.4 is 5.32 Å². The van der Waals surface area contributed by atoms with Crippen LogP contribution in [-0.2, 0) is 6.42 Å². The molecule has 1 atom stereocenters. The molecule has 1 unspecified atom stereocenters. The zero-order valence-electron chi connectivity index (χ0n) is 10.8. The molecule has 0 aromatic heterocycles. The van der Waals surface area contributed by atoms with E-state index in [9.17, 15) is 8.78 Å². The van der Waals surface area contributed by atoms with Gasteiger partial charge in [-0.1, -0.05) is 35.3 Å². The zero-order chi connectivity index (χ0) is 14.7. The molecule has 1 nitrogen and oxygen atoms in total. The highest BCUT2D eigenvalue weighted by molar-refractivity contribution is 6.31. The lowest BCUT2D eigenvalue weighted by atomic mass is 9.99. The molecule has 0 aliphatic rings. The molecule has 0 heterocycles. The summed E-state index contributed by atoms with van der Waals surface area (Å²) in [5.74, 6) is -0.756. The largest absolute Gasteiger partial charge is 0.313 e. The van der Waals surface area contributed by atoms with Crippen molar-refractivity contribution < 1.29 is 8.78 Å². The molecule has 0 spiro atoms. The first kappa shape index (κ1) is 15.2. The van der Waals surface area contributed by atoms with Crippen LogP contribution in [0.3, 0.4) is 0 Å². The Morgan fingerprint density at radius 2 is 1.60 bits per heavy atom. The molecule has 1 N–H and O–H groups in total. The summed E-state index contributed by atoms with van der Waals surface area (Å²) in [6, 6.07) is 8.41. The van der Waals surface area contributed by atoms with E-state index in [1.54, 1.807) is 19.2 Å². The van der Waals surface area contributed by atoms with Gasteiger partial charge in [-0.15, -0.1) is 0 Å². The van der Waals surface area contributed by atoms with Crippen molar-refractivity contribution in [3.8, 4) is 0 Å². The van der Waals surface area contributed by atoms with Crippen molar-refractivity contribution in [3.63, 3.8) is 0 Å². The standard InChI is InChI=1S/C15H13Cl2F2N/c1-20-15(12-5-4-11(19)8-14(12)17)6-9-2-3-10(18)7-13(9)16/h2-5,7-8,15,20H,6H2,1H3. The van der Waals surface area contributed by atoms with E-state index >= 15 is 0 Å². The monoisotopic (exact) mass is 315 g/mol. The Bertz CT molecular complexity index is 617. The molecule has 106 valence electrons. The smallest absolute Gasteiger partial charge is 0.124 e. The predicted molar refractivity (Wildman–Crippen MR) is 78.3 cm³/mol. The summed E-state index contributed by atoms with van der Waals surface area (Å²) >= 11 is 12.1. The number of halogens is 4. The van der Waals surface area contributed by atoms with Gasteiger partial charge >= 0.3 is 0 Å². The third kappa shape index (κ3) is 3.48. The van der Waals surface area contributed by atoms with Crippen LogP contribution in [0.2, 0.25) is 10.0 Å². The van der Waals surface area contributed by atoms with Crippen LogP contribution in [0.5, 0.6) is 0 Å². The van der Waals surface area contributed by atoms with Crippen molar-refractivity contribution in [1.29, 1.82) is 0 Å². The van der Waals surface area contributed by atoms with Crippen molar-refractivity contribution in [3.05, 3.63) is 69.2 Å². The molecule has 20 heavy (non-hydrogen) atoms. The summed E-state index contributed by atoms with van der Waals surface area (Å²) in [7, 11) is 1.78. The lowest BCUT2D eigenvalue weighted by Crippen LogP contribution is -2.19. The Balaban J connectivity index is 2.28. The maximum atomic E-state index is 13.1. The Hall–Kier alpha value is -1.16. The second-order valence-electron chi connectivity index (χ2n) is 4.45. The molecule has 2 rings (SSSR count). The van der Waals surface area contributed by atoms with Crippen molar-refractivity contribution in [2.75, 3.05) is 7.05 Å². The van der Waals surface area contributed by atoms with Gasteiger partial charge in [-0.3, -0.25) is 0 Å². The number of nitrogens with one attached hydrogen (secondary N) is 1. The average Bonchev–Trinajstić information content (AvgIpc) is 2.39. The van der Waals surface area contributed by atoms with Gasteiger partial charge in [0, 0.05) is 16.1 Å². The van der Waals surface area contributed by atoms with Crippen LogP contribution in [-0.4, -0.2) is 7.05 Å². The molecule has 0 saturated carbocycles. The van der Waals surface area contributed by atoms with Gasteiger partial charge in [-0.2, -0.15) is 0 Å². The SMILES string of the molecule is CNC(Cc1ccc(F)cc1Cl)c1ccc(F)cc1Cl. The molecule has 0 amide bonds. The van der Waals surface area contributed by atoms with Crippen molar-refractivity contribution >= 4 is 23.2 Å². The lowest BCUT2D eigenvalue weighted by Gasteiger charge is -2.19. The van der Waals surface area contributed by atoms with Gasteiger partial charge in [-0.25, -0.2) is 8.78 Å². The Morgan fingerprint density at radius 1 is 1.00 bits per heavy atom. The molecule has 2 aromatic rings. The van der Waals surface area contributed by atoms with Crippen LogP contribution in [0.15, 0.2) is 36.4 Å². The van der Waals surface area contributed by atoms with Gasteiger partial charge in [0.2, 0.25) is 0 Å². The minimum absolute atomic E-state index is 0.133. The van der Waals surface area contributed by atoms with Gasteiger partial charge in [0.05, 0.1) is 0 Å². The zero-order valence-corrected chi connectivity index (χ0v) is 12.3. The minimum Gasteiger partial charge on any atom is -0.313 e. The third-order valence-electron chi connectivity index (χ3n) is 3.13. The molecule has 0 bridgehead atoms. The van der Waals surface area contributed by atoms with E-state index in [0.29, 0.717) is 16.5 Å². The van der Waals surface area contributed by atoms with E-state index in [4.69, 9.17) is 23.2 Å². The van der Waals surface area contributed by atoms with E-state index in [1.165, 1.54) is 24.3 Å². The second kappa shape index (κ2) is 6.53. The van der Waals surface area contributed by atoms with E-state index in [1.807, 2.05) is 0 Å². The first-order chi connectivity index (χ1) is 9.51. The molecule has 0 aliphatic heterocycles. The van der Waals surface area contributed by atoms with E-state index in [-0.39, 0.29) is 17.7 Å². The topological polar surface area (TPSA) is 12.0 Å². The highest BCUT2D eigenvalue weighted by Crippen LogP contribution is 2.28. The summed E-state index contributed by atoms with van der Waals surface area (Å²) < 4.78 is 26.1. The molecule has 0 radical (unpaired) electrons.